The van der Waals surface area contributed by atoms with Crippen LogP contribution < -0.4 is 16.2 Å². The first-order chi connectivity index (χ1) is 8.95. The monoisotopic (exact) mass is 282 g/mol. The Kier molecular flexibility index (Phi) is 5.95. The average molecular weight is 282 g/mol. The maximum atomic E-state index is 12.3. The van der Waals surface area contributed by atoms with Gasteiger partial charge in [0.25, 0.3) is 5.56 Å². The second kappa shape index (κ2) is 7.23. The summed E-state index contributed by atoms with van der Waals surface area (Å²) < 4.78 is 1.70. The molecular weight excluding hydrogens is 260 g/mol. The summed E-state index contributed by atoms with van der Waals surface area (Å²) >= 11 is 4.87. The number of hydrogen-bond acceptors (Lipinski definition) is 4. The van der Waals surface area contributed by atoms with E-state index >= 15 is 0 Å². The number of aromatic nitrogens is 2. The Balaban J connectivity index is 2.97. The van der Waals surface area contributed by atoms with Crippen molar-refractivity contribution in [1.29, 1.82) is 0 Å². The molecule has 1 rings (SSSR count). The van der Waals surface area contributed by atoms with Gasteiger partial charge in [-0.1, -0.05) is 26.1 Å². The van der Waals surface area contributed by atoms with Crippen LogP contribution in [0.1, 0.15) is 27.2 Å². The average Bonchev–Trinajstić information content (AvgIpc) is 2.33. The lowest BCUT2D eigenvalue weighted by molar-refractivity contribution is 0.508. The Bertz CT molecular complexity index is 484. The van der Waals surface area contributed by atoms with Gasteiger partial charge in [-0.25, -0.2) is 4.98 Å². The van der Waals surface area contributed by atoms with Gasteiger partial charge in [-0.2, -0.15) is 0 Å². The summed E-state index contributed by atoms with van der Waals surface area (Å²) in [4.78, 5) is 18.9. The molecule has 0 aliphatic heterocycles. The number of nitrogens with zero attached hydrogens (tertiary/aromatic N) is 3. The highest BCUT2D eigenvalue weighted by Crippen LogP contribution is 2.05. The van der Waals surface area contributed by atoms with Crippen LogP contribution in [0.2, 0.25) is 0 Å². The summed E-state index contributed by atoms with van der Waals surface area (Å²) in [6.07, 6.45) is 3.99. The minimum Gasteiger partial charge on any atom is -0.393 e. The lowest BCUT2D eigenvalue weighted by Gasteiger charge is -2.21. The Morgan fingerprint density at radius 3 is 2.79 bits per heavy atom. The molecule has 1 aromatic heterocycles. The normalized spacial score (nSPS) is 10.7. The summed E-state index contributed by atoms with van der Waals surface area (Å²) in [5.74, 6) is 0.890. The molecule has 0 fully saturated rings. The van der Waals surface area contributed by atoms with E-state index in [9.17, 15) is 4.79 Å². The lowest BCUT2D eigenvalue weighted by atomic mass is 10.2. The smallest absolute Gasteiger partial charge is 0.293 e. The van der Waals surface area contributed by atoms with Crippen molar-refractivity contribution in [3.63, 3.8) is 0 Å². The van der Waals surface area contributed by atoms with Crippen LogP contribution in [0.4, 0.5) is 5.82 Å². The molecule has 0 amide bonds. The van der Waals surface area contributed by atoms with Crippen molar-refractivity contribution < 1.29 is 0 Å². The molecule has 6 heteroatoms. The van der Waals surface area contributed by atoms with E-state index in [1.54, 1.807) is 17.0 Å². The summed E-state index contributed by atoms with van der Waals surface area (Å²) in [5.41, 5.74) is 5.45. The topological polar surface area (TPSA) is 64.2 Å². The molecule has 0 radical (unpaired) electrons. The Labute approximate surface area is 119 Å². The lowest BCUT2D eigenvalue weighted by Crippen LogP contribution is -2.35. The van der Waals surface area contributed by atoms with Gasteiger partial charge >= 0.3 is 0 Å². The number of thiocarbonyl (C=S) groups is 1. The van der Waals surface area contributed by atoms with Gasteiger partial charge in [0.2, 0.25) is 0 Å². The SMILES string of the molecule is CCN(CCC(N)=S)c1nccn(CC(C)C)c1=O. The van der Waals surface area contributed by atoms with Crippen LogP contribution in [0, 0.1) is 5.92 Å². The second-order valence-corrected chi connectivity index (χ2v) is 5.42. The summed E-state index contributed by atoms with van der Waals surface area (Å²) in [7, 11) is 0. The Morgan fingerprint density at radius 1 is 1.58 bits per heavy atom. The van der Waals surface area contributed by atoms with Crippen molar-refractivity contribution >= 4 is 23.0 Å². The van der Waals surface area contributed by atoms with E-state index in [2.05, 4.69) is 18.8 Å². The molecule has 0 atom stereocenters. The van der Waals surface area contributed by atoms with Gasteiger partial charge in [0.1, 0.15) is 0 Å². The van der Waals surface area contributed by atoms with E-state index in [0.29, 0.717) is 42.8 Å². The fraction of sp³-hybridized carbons (Fsp3) is 0.615. The van der Waals surface area contributed by atoms with Crippen molar-refractivity contribution in [3.05, 3.63) is 22.7 Å². The van der Waals surface area contributed by atoms with Crippen LogP contribution in [0.5, 0.6) is 0 Å². The van der Waals surface area contributed by atoms with E-state index in [1.165, 1.54) is 0 Å². The molecule has 1 aromatic rings. The maximum absolute atomic E-state index is 12.3. The zero-order valence-electron chi connectivity index (χ0n) is 11.8. The molecule has 106 valence electrons. The van der Waals surface area contributed by atoms with Crippen LogP contribution in [0.25, 0.3) is 0 Å². The number of nitrogens with two attached hydrogens (primary N) is 1. The maximum Gasteiger partial charge on any atom is 0.293 e. The van der Waals surface area contributed by atoms with E-state index in [-0.39, 0.29) is 5.56 Å². The molecular formula is C13H22N4OS. The zero-order valence-corrected chi connectivity index (χ0v) is 12.6. The zero-order chi connectivity index (χ0) is 14.4. The second-order valence-electron chi connectivity index (χ2n) is 4.90. The predicted octanol–water partition coefficient (Wildman–Crippen LogP) is 1.40. The molecule has 0 aliphatic carbocycles. The van der Waals surface area contributed by atoms with Gasteiger partial charge in [0.15, 0.2) is 5.82 Å². The molecule has 2 N–H and O–H groups in total. The van der Waals surface area contributed by atoms with Crippen LogP contribution in [0.3, 0.4) is 0 Å². The molecule has 0 aromatic carbocycles. The van der Waals surface area contributed by atoms with E-state index < -0.39 is 0 Å². The van der Waals surface area contributed by atoms with Crippen molar-refractivity contribution in [2.75, 3.05) is 18.0 Å². The minimum absolute atomic E-state index is 0.0546. The largest absolute Gasteiger partial charge is 0.393 e. The van der Waals surface area contributed by atoms with Crippen molar-refractivity contribution in [2.24, 2.45) is 11.7 Å². The number of anilines is 1. The van der Waals surface area contributed by atoms with Crippen molar-refractivity contribution in [3.8, 4) is 0 Å². The van der Waals surface area contributed by atoms with E-state index in [1.807, 2.05) is 11.8 Å². The van der Waals surface area contributed by atoms with Crippen LogP contribution in [0.15, 0.2) is 17.2 Å². The third-order valence-corrected chi connectivity index (χ3v) is 2.97. The van der Waals surface area contributed by atoms with Gasteiger partial charge in [0, 0.05) is 38.4 Å². The first kappa shape index (κ1) is 15.6. The van der Waals surface area contributed by atoms with Gasteiger partial charge < -0.3 is 15.2 Å². The highest BCUT2D eigenvalue weighted by atomic mass is 32.1. The standard InChI is InChI=1S/C13H22N4OS/c1-4-16(7-5-11(14)19)12-13(18)17(8-6-15-12)9-10(2)3/h6,8,10H,4-5,7,9H2,1-3H3,(H2,14,19). The first-order valence-electron chi connectivity index (χ1n) is 6.54. The minimum atomic E-state index is -0.0546. The molecule has 0 saturated carbocycles. The van der Waals surface area contributed by atoms with Crippen LogP contribution in [-0.4, -0.2) is 27.6 Å². The molecule has 0 aliphatic rings. The summed E-state index contributed by atoms with van der Waals surface area (Å²) in [6.45, 7) is 8.17. The van der Waals surface area contributed by atoms with Crippen LogP contribution >= 0.6 is 12.2 Å². The molecule has 1 heterocycles. The third-order valence-electron chi connectivity index (χ3n) is 2.77. The number of hydrogen-bond donors (Lipinski definition) is 1. The molecule has 0 unspecified atom stereocenters. The highest BCUT2D eigenvalue weighted by Gasteiger charge is 2.12. The first-order valence-corrected chi connectivity index (χ1v) is 6.95. The predicted molar refractivity (Wildman–Crippen MR) is 82.6 cm³/mol. The Hall–Kier alpha value is -1.43. The van der Waals surface area contributed by atoms with Gasteiger partial charge in [0.05, 0.1) is 4.99 Å². The molecule has 0 saturated heterocycles. The van der Waals surface area contributed by atoms with Crippen LogP contribution in [-0.2, 0) is 6.54 Å². The van der Waals surface area contributed by atoms with Gasteiger partial charge in [-0.05, 0) is 12.8 Å². The fourth-order valence-electron chi connectivity index (χ4n) is 1.85. The quantitative estimate of drug-likeness (QED) is 0.766. The molecule has 5 nitrogen and oxygen atoms in total. The number of rotatable bonds is 7. The van der Waals surface area contributed by atoms with E-state index in [0.717, 1.165) is 0 Å². The molecule has 0 spiro atoms. The summed E-state index contributed by atoms with van der Waals surface area (Å²) in [6, 6.07) is 0. The van der Waals surface area contributed by atoms with E-state index in [4.69, 9.17) is 18.0 Å². The van der Waals surface area contributed by atoms with Gasteiger partial charge in [-0.15, -0.1) is 0 Å². The van der Waals surface area contributed by atoms with Gasteiger partial charge in [-0.3, -0.25) is 4.79 Å². The fourth-order valence-corrected chi connectivity index (χ4v) is 1.94. The highest BCUT2D eigenvalue weighted by molar-refractivity contribution is 7.80. The summed E-state index contributed by atoms with van der Waals surface area (Å²) in [5, 5.41) is 0. The van der Waals surface area contributed by atoms with Crippen molar-refractivity contribution in [2.45, 2.75) is 33.7 Å². The molecule has 19 heavy (non-hydrogen) atoms. The third kappa shape index (κ3) is 4.63. The van der Waals surface area contributed by atoms with Crippen molar-refractivity contribution in [1.82, 2.24) is 9.55 Å². The Morgan fingerprint density at radius 2 is 2.26 bits per heavy atom. The molecule has 0 bridgehead atoms.